The van der Waals surface area contributed by atoms with E-state index in [0.29, 0.717) is 11.6 Å². The molecule has 1 N–H and O–H groups in total. The van der Waals surface area contributed by atoms with Gasteiger partial charge in [-0.1, -0.05) is 12.2 Å². The topological polar surface area (TPSA) is 35.8 Å². The first-order chi connectivity index (χ1) is 6.88. The Morgan fingerprint density at radius 1 is 1.29 bits per heavy atom. The molecule has 2 rings (SSSR count). The second kappa shape index (κ2) is 3.97. The molecule has 1 aromatic carbocycles. The number of allylic oxidation sites excluding steroid dienone is 1. The average molecular weight is 184 g/mol. The molecule has 0 saturated heterocycles. The molecule has 1 aromatic rings. The monoisotopic (exact) mass is 184 g/mol. The summed E-state index contributed by atoms with van der Waals surface area (Å²) in [5, 5.41) is 12.0. The van der Waals surface area contributed by atoms with Crippen molar-refractivity contribution in [3.05, 3.63) is 42.0 Å². The van der Waals surface area contributed by atoms with Gasteiger partial charge in [0, 0.05) is 11.7 Å². The second-order valence-corrected chi connectivity index (χ2v) is 3.45. The van der Waals surface area contributed by atoms with Crippen LogP contribution in [0, 0.1) is 11.3 Å². The Labute approximate surface area is 83.9 Å². The van der Waals surface area contributed by atoms with Gasteiger partial charge in [-0.3, -0.25) is 0 Å². The Balaban J connectivity index is 2.03. The van der Waals surface area contributed by atoms with Crippen molar-refractivity contribution in [2.24, 2.45) is 0 Å². The molecule has 0 fully saturated rings. The standard InChI is InChI=1S/C12H12N2/c13-9-10-5-7-12(8-6-10)14-11-3-1-2-4-11/h1,3,5-8,11,14H,2,4H2/t11-/m1/s1. The van der Waals surface area contributed by atoms with E-state index in [0.717, 1.165) is 12.1 Å². The predicted octanol–water partition coefficient (Wildman–Crippen LogP) is 2.69. The zero-order valence-electron chi connectivity index (χ0n) is 7.90. The molecule has 1 aliphatic carbocycles. The van der Waals surface area contributed by atoms with Gasteiger partial charge >= 0.3 is 0 Å². The van der Waals surface area contributed by atoms with Crippen LogP contribution in [0.2, 0.25) is 0 Å². The molecule has 1 aliphatic rings. The summed E-state index contributed by atoms with van der Waals surface area (Å²) in [6, 6.07) is 10.1. The third-order valence-corrected chi connectivity index (χ3v) is 2.38. The van der Waals surface area contributed by atoms with Crippen molar-refractivity contribution in [3.8, 4) is 6.07 Å². The lowest BCUT2D eigenvalue weighted by Gasteiger charge is -2.11. The highest BCUT2D eigenvalue weighted by Gasteiger charge is 2.07. The summed E-state index contributed by atoms with van der Waals surface area (Å²) in [4.78, 5) is 0. The molecule has 2 nitrogen and oxygen atoms in total. The minimum atomic E-state index is 0.461. The van der Waals surface area contributed by atoms with Crippen LogP contribution in [-0.4, -0.2) is 6.04 Å². The Bertz CT molecular complexity index is 370. The van der Waals surface area contributed by atoms with Crippen molar-refractivity contribution < 1.29 is 0 Å². The highest BCUT2D eigenvalue weighted by Crippen LogP contribution is 2.16. The third-order valence-electron chi connectivity index (χ3n) is 2.38. The Kier molecular flexibility index (Phi) is 2.51. The van der Waals surface area contributed by atoms with Gasteiger partial charge in [-0.15, -0.1) is 0 Å². The molecule has 0 amide bonds. The first-order valence-electron chi connectivity index (χ1n) is 4.82. The fourth-order valence-corrected chi connectivity index (χ4v) is 1.61. The van der Waals surface area contributed by atoms with Gasteiger partial charge in [0.15, 0.2) is 0 Å². The summed E-state index contributed by atoms with van der Waals surface area (Å²) < 4.78 is 0. The van der Waals surface area contributed by atoms with Gasteiger partial charge in [-0.05, 0) is 37.1 Å². The molecule has 1 atom stereocenters. The SMILES string of the molecule is N#Cc1ccc(N[C@@H]2C=CCC2)cc1. The number of nitrogens with one attached hydrogen (secondary N) is 1. The van der Waals surface area contributed by atoms with Gasteiger partial charge in [-0.2, -0.15) is 5.26 Å². The predicted molar refractivity (Wildman–Crippen MR) is 56.9 cm³/mol. The summed E-state index contributed by atoms with van der Waals surface area (Å²) in [5.41, 5.74) is 1.79. The van der Waals surface area contributed by atoms with Gasteiger partial charge in [0.2, 0.25) is 0 Å². The molecule has 70 valence electrons. The maximum Gasteiger partial charge on any atom is 0.0991 e. The van der Waals surface area contributed by atoms with Crippen molar-refractivity contribution in [3.63, 3.8) is 0 Å². The largest absolute Gasteiger partial charge is 0.379 e. The Morgan fingerprint density at radius 2 is 2.07 bits per heavy atom. The van der Waals surface area contributed by atoms with E-state index in [1.54, 1.807) is 0 Å². The van der Waals surface area contributed by atoms with Crippen molar-refractivity contribution in [1.29, 1.82) is 5.26 Å². The van der Waals surface area contributed by atoms with Crippen LogP contribution in [0.25, 0.3) is 0 Å². The molecule has 0 spiro atoms. The molecule has 2 heteroatoms. The summed E-state index contributed by atoms with van der Waals surface area (Å²) in [6.07, 6.45) is 6.72. The number of hydrogen-bond acceptors (Lipinski definition) is 2. The highest BCUT2D eigenvalue weighted by atomic mass is 14.9. The van der Waals surface area contributed by atoms with Crippen LogP contribution >= 0.6 is 0 Å². The zero-order valence-corrected chi connectivity index (χ0v) is 7.90. The van der Waals surface area contributed by atoms with Gasteiger partial charge in [0.25, 0.3) is 0 Å². The lowest BCUT2D eigenvalue weighted by molar-refractivity contribution is 0.826. The van der Waals surface area contributed by atoms with Gasteiger partial charge < -0.3 is 5.32 Å². The summed E-state index contributed by atoms with van der Waals surface area (Å²) in [6.45, 7) is 0. The molecule has 0 aliphatic heterocycles. The van der Waals surface area contributed by atoms with E-state index >= 15 is 0 Å². The number of rotatable bonds is 2. The van der Waals surface area contributed by atoms with Crippen LogP contribution in [0.15, 0.2) is 36.4 Å². The molecular weight excluding hydrogens is 172 g/mol. The number of hydrogen-bond donors (Lipinski definition) is 1. The van der Waals surface area contributed by atoms with Gasteiger partial charge in [0.1, 0.15) is 0 Å². The highest BCUT2D eigenvalue weighted by molar-refractivity contribution is 5.48. The van der Waals surface area contributed by atoms with Crippen LogP contribution in [0.3, 0.4) is 0 Å². The number of nitriles is 1. The van der Waals surface area contributed by atoms with E-state index in [-0.39, 0.29) is 0 Å². The molecule has 0 bridgehead atoms. The minimum Gasteiger partial charge on any atom is -0.379 e. The van der Waals surface area contributed by atoms with E-state index in [1.807, 2.05) is 24.3 Å². The van der Waals surface area contributed by atoms with Gasteiger partial charge in [0.05, 0.1) is 11.6 Å². The van der Waals surface area contributed by atoms with E-state index in [2.05, 4.69) is 23.5 Å². The van der Waals surface area contributed by atoms with Gasteiger partial charge in [-0.25, -0.2) is 0 Å². The lowest BCUT2D eigenvalue weighted by Crippen LogP contribution is -2.13. The summed E-state index contributed by atoms with van der Waals surface area (Å²) in [5.74, 6) is 0. The van der Waals surface area contributed by atoms with E-state index < -0.39 is 0 Å². The maximum atomic E-state index is 8.63. The molecule has 0 radical (unpaired) electrons. The quantitative estimate of drug-likeness (QED) is 0.717. The van der Waals surface area contributed by atoms with E-state index in [9.17, 15) is 0 Å². The average Bonchev–Trinajstić information content (AvgIpc) is 2.72. The first-order valence-corrected chi connectivity index (χ1v) is 4.82. The number of benzene rings is 1. The van der Waals surface area contributed by atoms with Crippen LogP contribution in [0.1, 0.15) is 18.4 Å². The maximum absolute atomic E-state index is 8.63. The van der Waals surface area contributed by atoms with Crippen LogP contribution in [0.4, 0.5) is 5.69 Å². The van der Waals surface area contributed by atoms with Crippen molar-refractivity contribution >= 4 is 5.69 Å². The molecule has 0 aromatic heterocycles. The minimum absolute atomic E-state index is 0.461. The lowest BCUT2D eigenvalue weighted by atomic mass is 10.2. The second-order valence-electron chi connectivity index (χ2n) is 3.45. The van der Waals surface area contributed by atoms with Crippen molar-refractivity contribution in [2.45, 2.75) is 18.9 Å². The van der Waals surface area contributed by atoms with Crippen LogP contribution in [-0.2, 0) is 0 Å². The molecule has 0 saturated carbocycles. The smallest absolute Gasteiger partial charge is 0.0991 e. The normalized spacial score (nSPS) is 19.2. The zero-order chi connectivity index (χ0) is 9.80. The first kappa shape index (κ1) is 8.83. The third kappa shape index (κ3) is 1.94. The molecule has 0 heterocycles. The number of nitrogens with zero attached hydrogens (tertiary/aromatic N) is 1. The summed E-state index contributed by atoms with van der Waals surface area (Å²) in [7, 11) is 0. The summed E-state index contributed by atoms with van der Waals surface area (Å²) >= 11 is 0. The molecular formula is C12H12N2. The molecule has 0 unspecified atom stereocenters. The van der Waals surface area contributed by atoms with Crippen molar-refractivity contribution in [1.82, 2.24) is 0 Å². The van der Waals surface area contributed by atoms with Crippen LogP contribution < -0.4 is 5.32 Å². The fraction of sp³-hybridized carbons (Fsp3) is 0.250. The Hall–Kier alpha value is -1.75. The van der Waals surface area contributed by atoms with Crippen LogP contribution in [0.5, 0.6) is 0 Å². The molecule has 14 heavy (non-hydrogen) atoms. The van der Waals surface area contributed by atoms with Crippen molar-refractivity contribution in [2.75, 3.05) is 5.32 Å². The number of anilines is 1. The Morgan fingerprint density at radius 3 is 2.64 bits per heavy atom. The fourth-order valence-electron chi connectivity index (χ4n) is 1.61. The van der Waals surface area contributed by atoms with E-state index in [1.165, 1.54) is 6.42 Å². The van der Waals surface area contributed by atoms with E-state index in [4.69, 9.17) is 5.26 Å².